The van der Waals surface area contributed by atoms with Crippen LogP contribution in [0.4, 0.5) is 0 Å². The molecule has 0 aromatic rings. The molecule has 0 aromatic carbocycles. The first kappa shape index (κ1) is 14.0. The minimum atomic E-state index is -0.450. The molecule has 0 spiro atoms. The lowest BCUT2D eigenvalue weighted by Gasteiger charge is -2.23. The summed E-state index contributed by atoms with van der Waals surface area (Å²) in [5, 5.41) is 3.29. The molecule has 0 radical (unpaired) electrons. The second-order valence-corrected chi connectivity index (χ2v) is 5.11. The molecule has 1 saturated carbocycles. The van der Waals surface area contributed by atoms with Crippen LogP contribution in [-0.2, 0) is 9.59 Å². The van der Waals surface area contributed by atoms with E-state index >= 15 is 0 Å². The van der Waals surface area contributed by atoms with E-state index in [1.165, 1.54) is 12.8 Å². The van der Waals surface area contributed by atoms with E-state index in [2.05, 4.69) is 5.32 Å². The number of hydrogen-bond acceptors (Lipinski definition) is 3. The quantitative estimate of drug-likeness (QED) is 0.633. The zero-order valence-corrected chi connectivity index (χ0v) is 10.7. The molecule has 0 heterocycles. The van der Waals surface area contributed by atoms with Crippen molar-refractivity contribution in [2.45, 2.75) is 39.2 Å². The molecule has 0 aliphatic heterocycles. The predicted molar refractivity (Wildman–Crippen MR) is 66.3 cm³/mol. The molecule has 5 nitrogen and oxygen atoms in total. The number of carbonyl (C=O) groups excluding carboxylic acids is 2. The molecule has 0 atom stereocenters. The van der Waals surface area contributed by atoms with Crippen molar-refractivity contribution in [3.05, 3.63) is 0 Å². The predicted octanol–water partition coefficient (Wildman–Crippen LogP) is 0.0984. The van der Waals surface area contributed by atoms with Gasteiger partial charge < -0.3 is 16.0 Å². The number of hydrogen-bond donors (Lipinski definition) is 2. The summed E-state index contributed by atoms with van der Waals surface area (Å²) in [6.07, 6.45) is 2.87. The van der Waals surface area contributed by atoms with Gasteiger partial charge in [-0.1, -0.05) is 13.8 Å². The van der Waals surface area contributed by atoms with Gasteiger partial charge in [-0.25, -0.2) is 0 Å². The van der Waals surface area contributed by atoms with Crippen molar-refractivity contribution in [3.63, 3.8) is 0 Å². The Morgan fingerprint density at radius 3 is 2.53 bits per heavy atom. The average molecular weight is 241 g/mol. The molecule has 0 saturated heterocycles. The summed E-state index contributed by atoms with van der Waals surface area (Å²) >= 11 is 0. The summed E-state index contributed by atoms with van der Waals surface area (Å²) in [6.45, 7) is 5.34. The fourth-order valence-corrected chi connectivity index (χ4v) is 1.71. The van der Waals surface area contributed by atoms with Crippen LogP contribution in [0.3, 0.4) is 0 Å². The summed E-state index contributed by atoms with van der Waals surface area (Å²) in [5.41, 5.74) is 5.15. The van der Waals surface area contributed by atoms with Gasteiger partial charge in [0.25, 0.3) is 0 Å². The molecule has 98 valence electrons. The minimum absolute atomic E-state index is 0.00523. The molecule has 0 unspecified atom stereocenters. The number of nitrogens with one attached hydrogen (secondary N) is 1. The van der Waals surface area contributed by atoms with E-state index in [0.29, 0.717) is 31.5 Å². The minimum Gasteiger partial charge on any atom is -0.368 e. The van der Waals surface area contributed by atoms with Gasteiger partial charge in [0.2, 0.25) is 11.8 Å². The Morgan fingerprint density at radius 1 is 1.41 bits per heavy atom. The van der Waals surface area contributed by atoms with Gasteiger partial charge in [0.15, 0.2) is 0 Å². The molecule has 1 rings (SSSR count). The van der Waals surface area contributed by atoms with Crippen molar-refractivity contribution < 1.29 is 9.59 Å². The van der Waals surface area contributed by atoms with Gasteiger partial charge in [-0.15, -0.1) is 0 Å². The molecular formula is C12H23N3O2. The van der Waals surface area contributed by atoms with Crippen molar-refractivity contribution in [3.8, 4) is 0 Å². The van der Waals surface area contributed by atoms with Crippen molar-refractivity contribution in [1.29, 1.82) is 0 Å². The standard InChI is InChI=1S/C12H23N3O2/c1-9(2)7-15(8-11(13)16)12(17)5-6-14-10-3-4-10/h9-10,14H,3-8H2,1-2H3,(H2,13,16). The zero-order chi connectivity index (χ0) is 12.8. The van der Waals surface area contributed by atoms with Crippen molar-refractivity contribution >= 4 is 11.8 Å². The van der Waals surface area contributed by atoms with Crippen LogP contribution in [0.2, 0.25) is 0 Å². The molecule has 0 aromatic heterocycles. The smallest absolute Gasteiger partial charge is 0.237 e. The Morgan fingerprint density at radius 2 is 2.06 bits per heavy atom. The van der Waals surface area contributed by atoms with Gasteiger partial charge in [-0.2, -0.15) is 0 Å². The number of amides is 2. The van der Waals surface area contributed by atoms with Gasteiger partial charge >= 0.3 is 0 Å². The van der Waals surface area contributed by atoms with Gasteiger partial charge in [-0.3, -0.25) is 9.59 Å². The number of carbonyl (C=O) groups is 2. The van der Waals surface area contributed by atoms with Crippen molar-refractivity contribution in [1.82, 2.24) is 10.2 Å². The van der Waals surface area contributed by atoms with Gasteiger partial charge in [0.05, 0.1) is 6.54 Å². The Kier molecular flexibility index (Phi) is 5.41. The topological polar surface area (TPSA) is 75.4 Å². The summed E-state index contributed by atoms with van der Waals surface area (Å²) in [7, 11) is 0. The molecule has 2 amide bonds. The molecule has 1 aliphatic rings. The lowest BCUT2D eigenvalue weighted by molar-refractivity contribution is -0.135. The molecule has 5 heteroatoms. The summed E-state index contributed by atoms with van der Waals surface area (Å²) in [4.78, 5) is 24.4. The summed E-state index contributed by atoms with van der Waals surface area (Å²) in [6, 6.07) is 0.609. The lowest BCUT2D eigenvalue weighted by Crippen LogP contribution is -2.41. The fraction of sp³-hybridized carbons (Fsp3) is 0.833. The van der Waals surface area contributed by atoms with Gasteiger partial charge in [0, 0.05) is 25.6 Å². The zero-order valence-electron chi connectivity index (χ0n) is 10.7. The molecule has 3 N–H and O–H groups in total. The molecule has 0 bridgehead atoms. The number of nitrogens with two attached hydrogens (primary N) is 1. The average Bonchev–Trinajstić information content (AvgIpc) is 2.99. The normalized spacial score (nSPS) is 15.0. The van der Waals surface area contributed by atoms with E-state index in [4.69, 9.17) is 5.73 Å². The Hall–Kier alpha value is -1.10. The number of primary amides is 1. The first-order chi connectivity index (χ1) is 7.99. The van der Waals surface area contributed by atoms with Crippen LogP contribution in [0.25, 0.3) is 0 Å². The molecule has 1 fully saturated rings. The Bertz CT molecular complexity index is 275. The summed E-state index contributed by atoms with van der Waals surface area (Å²) in [5.74, 6) is -0.102. The highest BCUT2D eigenvalue weighted by Gasteiger charge is 2.21. The highest BCUT2D eigenvalue weighted by Crippen LogP contribution is 2.18. The second kappa shape index (κ2) is 6.59. The van der Waals surface area contributed by atoms with Crippen LogP contribution in [-0.4, -0.2) is 42.4 Å². The Balaban J connectivity index is 2.31. The van der Waals surface area contributed by atoms with Crippen LogP contribution in [0, 0.1) is 5.92 Å². The van der Waals surface area contributed by atoms with E-state index in [-0.39, 0.29) is 12.5 Å². The third kappa shape index (κ3) is 6.26. The molecule has 17 heavy (non-hydrogen) atoms. The van der Waals surface area contributed by atoms with Crippen LogP contribution in [0.1, 0.15) is 33.1 Å². The Labute approximate surface area is 103 Å². The van der Waals surface area contributed by atoms with Crippen LogP contribution < -0.4 is 11.1 Å². The van der Waals surface area contributed by atoms with Gasteiger partial charge in [-0.05, 0) is 18.8 Å². The highest BCUT2D eigenvalue weighted by atomic mass is 16.2. The first-order valence-electron chi connectivity index (χ1n) is 6.28. The highest BCUT2D eigenvalue weighted by molar-refractivity contribution is 5.83. The van der Waals surface area contributed by atoms with E-state index in [9.17, 15) is 9.59 Å². The summed E-state index contributed by atoms with van der Waals surface area (Å²) < 4.78 is 0. The van der Waals surface area contributed by atoms with E-state index < -0.39 is 5.91 Å². The van der Waals surface area contributed by atoms with Crippen molar-refractivity contribution in [2.75, 3.05) is 19.6 Å². The second-order valence-electron chi connectivity index (χ2n) is 5.11. The molecular weight excluding hydrogens is 218 g/mol. The first-order valence-corrected chi connectivity index (χ1v) is 6.28. The van der Waals surface area contributed by atoms with Crippen LogP contribution in [0.5, 0.6) is 0 Å². The van der Waals surface area contributed by atoms with Crippen LogP contribution in [0.15, 0.2) is 0 Å². The van der Waals surface area contributed by atoms with E-state index in [0.717, 1.165) is 0 Å². The van der Waals surface area contributed by atoms with Gasteiger partial charge in [0.1, 0.15) is 0 Å². The number of rotatable bonds is 8. The van der Waals surface area contributed by atoms with E-state index in [1.807, 2.05) is 13.8 Å². The van der Waals surface area contributed by atoms with E-state index in [1.54, 1.807) is 4.90 Å². The number of nitrogens with zero attached hydrogens (tertiary/aromatic N) is 1. The third-order valence-electron chi connectivity index (χ3n) is 2.63. The lowest BCUT2D eigenvalue weighted by atomic mass is 10.2. The monoisotopic (exact) mass is 241 g/mol. The molecule has 1 aliphatic carbocycles. The maximum Gasteiger partial charge on any atom is 0.237 e. The third-order valence-corrected chi connectivity index (χ3v) is 2.63. The largest absolute Gasteiger partial charge is 0.368 e. The maximum atomic E-state index is 11.9. The van der Waals surface area contributed by atoms with Crippen LogP contribution >= 0.6 is 0 Å². The fourth-order valence-electron chi connectivity index (χ4n) is 1.71. The van der Waals surface area contributed by atoms with Crippen molar-refractivity contribution in [2.24, 2.45) is 11.7 Å². The SMILES string of the molecule is CC(C)CN(CC(N)=O)C(=O)CCNC1CC1. The maximum absolute atomic E-state index is 11.9.